The Morgan fingerprint density at radius 2 is 1.84 bits per heavy atom. The third-order valence-electron chi connectivity index (χ3n) is 5.36. The quantitative estimate of drug-likeness (QED) is 0.379. The summed E-state index contributed by atoms with van der Waals surface area (Å²) in [4.78, 5) is 11.7. The van der Waals surface area contributed by atoms with E-state index in [0.29, 0.717) is 19.3 Å². The fraction of sp³-hybridized carbons (Fsp3) is 0.519. The lowest BCUT2D eigenvalue weighted by Gasteiger charge is -2.19. The van der Waals surface area contributed by atoms with Crippen LogP contribution in [0.1, 0.15) is 58.4 Å². The highest BCUT2D eigenvalue weighted by Crippen LogP contribution is 2.31. The molecule has 0 aromatic heterocycles. The van der Waals surface area contributed by atoms with Gasteiger partial charge in [-0.25, -0.2) is 0 Å². The first-order valence-electron chi connectivity index (χ1n) is 11.4. The number of hydrogen-bond acceptors (Lipinski definition) is 4. The topological polar surface area (TPSA) is 66.8 Å². The van der Waals surface area contributed by atoms with Crippen molar-refractivity contribution in [3.63, 3.8) is 0 Å². The van der Waals surface area contributed by atoms with Crippen LogP contribution in [0.2, 0.25) is 0 Å². The minimum Gasteiger partial charge on any atom is -0.460 e. The summed E-state index contributed by atoms with van der Waals surface area (Å²) < 4.78 is 5.30. The molecule has 1 aromatic carbocycles. The van der Waals surface area contributed by atoms with Gasteiger partial charge < -0.3 is 14.9 Å². The summed E-state index contributed by atoms with van der Waals surface area (Å²) in [5.74, 6) is 0.0770. The third-order valence-corrected chi connectivity index (χ3v) is 5.36. The Kier molecular flexibility index (Phi) is 10.2. The molecule has 170 valence electrons. The van der Waals surface area contributed by atoms with E-state index in [4.69, 9.17) is 4.74 Å². The Bertz CT molecular complexity index is 742. The van der Waals surface area contributed by atoms with Crippen LogP contribution in [-0.2, 0) is 16.0 Å². The first-order chi connectivity index (χ1) is 14.7. The van der Waals surface area contributed by atoms with E-state index in [9.17, 15) is 15.0 Å². The predicted octanol–water partition coefficient (Wildman–Crippen LogP) is 5.16. The number of hydrogen-bond donors (Lipinski definition) is 2. The van der Waals surface area contributed by atoms with Crippen LogP contribution < -0.4 is 0 Å². The van der Waals surface area contributed by atoms with E-state index in [0.717, 1.165) is 19.3 Å². The van der Waals surface area contributed by atoms with Crippen LogP contribution in [0.4, 0.5) is 0 Å². The smallest absolute Gasteiger partial charge is 0.306 e. The largest absolute Gasteiger partial charge is 0.460 e. The molecule has 4 atom stereocenters. The number of ether oxygens (including phenoxy) is 1. The molecule has 1 aliphatic rings. The van der Waals surface area contributed by atoms with Crippen LogP contribution in [-0.4, -0.2) is 34.0 Å². The molecule has 4 heteroatoms. The first-order valence-corrected chi connectivity index (χ1v) is 11.4. The van der Waals surface area contributed by atoms with Crippen LogP contribution in [0.25, 0.3) is 0 Å². The molecule has 0 radical (unpaired) electrons. The highest BCUT2D eigenvalue weighted by Gasteiger charge is 2.27. The van der Waals surface area contributed by atoms with Crippen LogP contribution in [0.3, 0.4) is 0 Å². The fourth-order valence-corrected chi connectivity index (χ4v) is 3.76. The minimum absolute atomic E-state index is 0.119. The minimum atomic E-state index is -0.486. The van der Waals surface area contributed by atoms with Gasteiger partial charge in [-0.15, -0.1) is 0 Å². The number of carbonyl (C=O) groups excluding carboxylic acids is 1. The van der Waals surface area contributed by atoms with Gasteiger partial charge in [0.15, 0.2) is 0 Å². The standard InChI is InChI=1S/C27H38O4/c1-27(2,3)31-26(30)14-10-5-4-9-13-24-22(17-20-25(24)29)16-19-23(28)18-15-21-11-7-6-8-12-21/h4-8,11-12,16-17,19-20,22-25,28-29H,9-10,13-15,18H2,1-3H3/t22?,23-,24?,25?/m0/s1. The number of esters is 1. The fourth-order valence-electron chi connectivity index (χ4n) is 3.76. The Balaban J connectivity index is 1.70. The maximum Gasteiger partial charge on any atom is 0.306 e. The van der Waals surface area contributed by atoms with Crippen molar-refractivity contribution in [2.75, 3.05) is 0 Å². The van der Waals surface area contributed by atoms with Crippen LogP contribution in [0.15, 0.2) is 66.8 Å². The lowest BCUT2D eigenvalue weighted by molar-refractivity contribution is -0.154. The molecule has 0 aliphatic heterocycles. The van der Waals surface area contributed by atoms with Crippen LogP contribution in [0, 0.1) is 11.8 Å². The van der Waals surface area contributed by atoms with Gasteiger partial charge in [-0.05, 0) is 64.4 Å². The van der Waals surface area contributed by atoms with E-state index in [2.05, 4.69) is 18.2 Å². The maximum absolute atomic E-state index is 11.7. The van der Waals surface area contributed by atoms with Crippen molar-refractivity contribution >= 4 is 5.97 Å². The normalized spacial score (nSPS) is 22.4. The number of aliphatic hydroxyl groups is 2. The summed E-state index contributed by atoms with van der Waals surface area (Å²) in [6, 6.07) is 10.2. The van der Waals surface area contributed by atoms with E-state index >= 15 is 0 Å². The molecule has 31 heavy (non-hydrogen) atoms. The molecule has 3 unspecified atom stereocenters. The average Bonchev–Trinajstić information content (AvgIpc) is 3.06. The number of carbonyl (C=O) groups is 1. The molecule has 0 fully saturated rings. The molecule has 0 saturated heterocycles. The molecular formula is C27H38O4. The molecule has 0 saturated carbocycles. The van der Waals surface area contributed by atoms with E-state index < -0.39 is 17.8 Å². The summed E-state index contributed by atoms with van der Waals surface area (Å²) in [6.45, 7) is 5.61. The Morgan fingerprint density at radius 3 is 2.55 bits per heavy atom. The second-order valence-electron chi connectivity index (χ2n) is 9.27. The van der Waals surface area contributed by atoms with E-state index in [1.54, 1.807) is 0 Å². The van der Waals surface area contributed by atoms with Gasteiger partial charge in [-0.1, -0.05) is 66.8 Å². The molecule has 4 nitrogen and oxygen atoms in total. The molecule has 2 N–H and O–H groups in total. The Hall–Kier alpha value is -2.17. The highest BCUT2D eigenvalue weighted by molar-refractivity contribution is 5.69. The van der Waals surface area contributed by atoms with E-state index in [-0.39, 0.29) is 17.8 Å². The zero-order valence-electron chi connectivity index (χ0n) is 19.1. The summed E-state index contributed by atoms with van der Waals surface area (Å²) in [5, 5.41) is 20.6. The predicted molar refractivity (Wildman–Crippen MR) is 125 cm³/mol. The molecule has 1 aliphatic carbocycles. The SMILES string of the molecule is CC(C)(C)OC(=O)CCC=CCCC1C(O)C=CC1C=C[C@@H](O)CCc1ccccc1. The first kappa shape index (κ1) is 25.1. The summed E-state index contributed by atoms with van der Waals surface area (Å²) >= 11 is 0. The van der Waals surface area contributed by atoms with Gasteiger partial charge in [0.05, 0.1) is 12.2 Å². The molecule has 2 rings (SSSR count). The maximum atomic E-state index is 11.7. The van der Waals surface area contributed by atoms with Crippen molar-refractivity contribution in [2.45, 2.75) is 77.1 Å². The summed E-state index contributed by atoms with van der Waals surface area (Å²) in [7, 11) is 0. The highest BCUT2D eigenvalue weighted by atomic mass is 16.6. The van der Waals surface area contributed by atoms with Gasteiger partial charge in [-0.2, -0.15) is 0 Å². The Morgan fingerprint density at radius 1 is 1.13 bits per heavy atom. The van der Waals surface area contributed by atoms with Crippen molar-refractivity contribution in [1.29, 1.82) is 0 Å². The van der Waals surface area contributed by atoms with Gasteiger partial charge in [0.25, 0.3) is 0 Å². The van der Waals surface area contributed by atoms with Crippen molar-refractivity contribution in [3.05, 3.63) is 72.4 Å². The zero-order valence-corrected chi connectivity index (χ0v) is 19.1. The number of benzene rings is 1. The van der Waals surface area contributed by atoms with Gasteiger partial charge >= 0.3 is 5.97 Å². The summed E-state index contributed by atoms with van der Waals surface area (Å²) in [5.41, 5.74) is 0.784. The monoisotopic (exact) mass is 426 g/mol. The lowest BCUT2D eigenvalue weighted by atomic mass is 9.88. The van der Waals surface area contributed by atoms with Crippen molar-refractivity contribution in [1.82, 2.24) is 0 Å². The Labute approximate surface area is 187 Å². The molecule has 0 amide bonds. The van der Waals surface area contributed by atoms with Crippen molar-refractivity contribution < 1.29 is 19.7 Å². The molecule has 0 bridgehead atoms. The number of aryl methyl sites for hydroxylation is 1. The van der Waals surface area contributed by atoms with Gasteiger partial charge in [0, 0.05) is 12.3 Å². The average molecular weight is 427 g/mol. The number of allylic oxidation sites excluding steroid dienone is 4. The van der Waals surface area contributed by atoms with Crippen LogP contribution in [0.5, 0.6) is 0 Å². The van der Waals surface area contributed by atoms with Crippen molar-refractivity contribution in [2.24, 2.45) is 11.8 Å². The third kappa shape index (κ3) is 10.1. The molecule has 0 spiro atoms. The van der Waals surface area contributed by atoms with Gasteiger partial charge in [0.2, 0.25) is 0 Å². The van der Waals surface area contributed by atoms with Crippen LogP contribution >= 0.6 is 0 Å². The number of rotatable bonds is 11. The molecule has 0 heterocycles. The molecule has 1 aromatic rings. The van der Waals surface area contributed by atoms with Gasteiger partial charge in [0.1, 0.15) is 5.60 Å². The molecular weight excluding hydrogens is 388 g/mol. The zero-order chi connectivity index (χ0) is 22.7. The second-order valence-corrected chi connectivity index (χ2v) is 9.27. The van der Waals surface area contributed by atoms with E-state index in [1.165, 1.54) is 5.56 Å². The van der Waals surface area contributed by atoms with E-state index in [1.807, 2.05) is 69.4 Å². The van der Waals surface area contributed by atoms with Crippen molar-refractivity contribution in [3.8, 4) is 0 Å². The summed E-state index contributed by atoms with van der Waals surface area (Å²) in [6.07, 6.45) is 15.2. The second kappa shape index (κ2) is 12.6. The number of aliphatic hydroxyl groups excluding tert-OH is 2. The van der Waals surface area contributed by atoms with Gasteiger partial charge in [-0.3, -0.25) is 4.79 Å². The lowest BCUT2D eigenvalue weighted by Crippen LogP contribution is -2.23.